The van der Waals surface area contributed by atoms with Crippen LogP contribution in [0.3, 0.4) is 0 Å². The van der Waals surface area contributed by atoms with Crippen LogP contribution in [0.4, 0.5) is 18.9 Å². The second-order valence-corrected chi connectivity index (χ2v) is 5.18. The van der Waals surface area contributed by atoms with E-state index < -0.39 is 12.7 Å². The first-order valence-corrected chi connectivity index (χ1v) is 6.89. The normalized spacial score (nSPS) is 13.6. The quantitative estimate of drug-likeness (QED) is 0.846. The van der Waals surface area contributed by atoms with Crippen molar-refractivity contribution in [2.75, 3.05) is 18.5 Å². The van der Waals surface area contributed by atoms with Crippen LogP contribution >= 0.6 is 0 Å². The molecule has 1 N–H and O–H groups in total. The van der Waals surface area contributed by atoms with E-state index in [1.54, 1.807) is 26.0 Å². The highest BCUT2D eigenvalue weighted by atomic mass is 19.4. The van der Waals surface area contributed by atoms with Gasteiger partial charge in [0.2, 0.25) is 0 Å². The third kappa shape index (κ3) is 4.71. The molecule has 1 atom stereocenters. The van der Waals surface area contributed by atoms with E-state index in [4.69, 9.17) is 0 Å². The van der Waals surface area contributed by atoms with Gasteiger partial charge in [-0.05, 0) is 45.0 Å². The fourth-order valence-corrected chi connectivity index (χ4v) is 2.27. The number of anilines is 1. The average molecular weight is 288 g/mol. The van der Waals surface area contributed by atoms with Gasteiger partial charge in [-0.2, -0.15) is 13.2 Å². The van der Waals surface area contributed by atoms with Crippen molar-refractivity contribution in [1.29, 1.82) is 0 Å². The van der Waals surface area contributed by atoms with Crippen molar-refractivity contribution in [2.24, 2.45) is 0 Å². The van der Waals surface area contributed by atoms with Crippen molar-refractivity contribution >= 4 is 5.69 Å². The predicted octanol–water partition coefficient (Wildman–Crippen LogP) is 4.13. The number of hydrogen-bond donors (Lipinski definition) is 1. The maximum atomic E-state index is 12.6. The highest BCUT2D eigenvalue weighted by Gasteiger charge is 2.32. The molecule has 5 heteroatoms. The largest absolute Gasteiger partial charge is 0.405 e. The first kappa shape index (κ1) is 16.8. The lowest BCUT2D eigenvalue weighted by atomic mass is 10.0. The maximum Gasteiger partial charge on any atom is 0.405 e. The molecule has 0 aliphatic rings. The standard InChI is InChI=1S/C15H23F3N2/c1-5-14(19-4)12-6-8-13(9-7-12)20(11(2)3)10-15(16,17)18/h6-9,11,14,19H,5,10H2,1-4H3. The summed E-state index contributed by atoms with van der Waals surface area (Å²) in [5.41, 5.74) is 1.70. The number of nitrogens with zero attached hydrogens (tertiary/aromatic N) is 1. The molecule has 0 saturated carbocycles. The molecule has 2 nitrogen and oxygen atoms in total. The van der Waals surface area contributed by atoms with Crippen LogP contribution in [0, 0.1) is 0 Å². The Hall–Kier alpha value is -1.23. The Morgan fingerprint density at radius 1 is 1.15 bits per heavy atom. The fourth-order valence-electron chi connectivity index (χ4n) is 2.27. The van der Waals surface area contributed by atoms with Gasteiger partial charge in [0.15, 0.2) is 0 Å². The minimum Gasteiger partial charge on any atom is -0.360 e. The van der Waals surface area contributed by atoms with Crippen LogP contribution < -0.4 is 10.2 Å². The molecular weight excluding hydrogens is 265 g/mol. The van der Waals surface area contributed by atoms with Crippen LogP contribution in [0.25, 0.3) is 0 Å². The summed E-state index contributed by atoms with van der Waals surface area (Å²) in [5.74, 6) is 0. The maximum absolute atomic E-state index is 12.6. The Kier molecular flexibility index (Phi) is 5.87. The average Bonchev–Trinajstić information content (AvgIpc) is 2.37. The highest BCUT2D eigenvalue weighted by Crippen LogP contribution is 2.26. The molecule has 1 aromatic rings. The molecule has 0 heterocycles. The smallest absolute Gasteiger partial charge is 0.360 e. The van der Waals surface area contributed by atoms with Crippen LogP contribution in [-0.2, 0) is 0 Å². The van der Waals surface area contributed by atoms with Crippen molar-refractivity contribution in [1.82, 2.24) is 5.32 Å². The topological polar surface area (TPSA) is 15.3 Å². The number of benzene rings is 1. The van der Waals surface area contributed by atoms with Gasteiger partial charge in [0.25, 0.3) is 0 Å². The van der Waals surface area contributed by atoms with Gasteiger partial charge >= 0.3 is 6.18 Å². The summed E-state index contributed by atoms with van der Waals surface area (Å²) >= 11 is 0. The monoisotopic (exact) mass is 288 g/mol. The Morgan fingerprint density at radius 3 is 2.05 bits per heavy atom. The first-order chi connectivity index (χ1) is 9.28. The lowest BCUT2D eigenvalue weighted by Crippen LogP contribution is -2.39. The summed E-state index contributed by atoms with van der Waals surface area (Å²) in [7, 11) is 1.88. The van der Waals surface area contributed by atoms with Crippen LogP contribution in [0.1, 0.15) is 38.8 Å². The van der Waals surface area contributed by atoms with Gasteiger partial charge in [-0.15, -0.1) is 0 Å². The van der Waals surface area contributed by atoms with Gasteiger partial charge in [-0.1, -0.05) is 19.1 Å². The molecule has 0 spiro atoms. The van der Waals surface area contributed by atoms with E-state index in [0.717, 1.165) is 12.0 Å². The van der Waals surface area contributed by atoms with Crippen LogP contribution in [0.15, 0.2) is 24.3 Å². The molecule has 0 bridgehead atoms. The van der Waals surface area contributed by atoms with E-state index in [1.807, 2.05) is 19.2 Å². The third-order valence-corrected chi connectivity index (χ3v) is 3.36. The van der Waals surface area contributed by atoms with Crippen molar-refractivity contribution in [2.45, 2.75) is 45.5 Å². The Labute approximate surface area is 119 Å². The number of alkyl halides is 3. The highest BCUT2D eigenvalue weighted by molar-refractivity contribution is 5.49. The number of rotatable bonds is 6. The van der Waals surface area contributed by atoms with Crippen molar-refractivity contribution in [3.8, 4) is 0 Å². The second kappa shape index (κ2) is 6.97. The van der Waals surface area contributed by atoms with Gasteiger partial charge in [0.05, 0.1) is 0 Å². The number of halogens is 3. The van der Waals surface area contributed by atoms with E-state index in [9.17, 15) is 13.2 Å². The van der Waals surface area contributed by atoms with Gasteiger partial charge in [-0.25, -0.2) is 0 Å². The summed E-state index contributed by atoms with van der Waals surface area (Å²) in [6.07, 6.45) is -3.26. The second-order valence-electron chi connectivity index (χ2n) is 5.18. The van der Waals surface area contributed by atoms with Gasteiger partial charge in [-0.3, -0.25) is 0 Å². The molecule has 20 heavy (non-hydrogen) atoms. The van der Waals surface area contributed by atoms with E-state index in [0.29, 0.717) is 5.69 Å². The molecule has 0 aliphatic carbocycles. The molecule has 1 aromatic carbocycles. The van der Waals surface area contributed by atoms with E-state index in [1.165, 1.54) is 4.90 Å². The summed E-state index contributed by atoms with van der Waals surface area (Å²) in [6, 6.07) is 7.35. The fraction of sp³-hybridized carbons (Fsp3) is 0.600. The van der Waals surface area contributed by atoms with Gasteiger partial charge in [0, 0.05) is 17.8 Å². The molecule has 0 fully saturated rings. The summed E-state index contributed by atoms with van der Waals surface area (Å²) < 4.78 is 37.9. The van der Waals surface area contributed by atoms with E-state index in [-0.39, 0.29) is 12.1 Å². The Bertz CT molecular complexity index is 395. The number of nitrogens with one attached hydrogen (secondary N) is 1. The van der Waals surface area contributed by atoms with Crippen LogP contribution in [0.5, 0.6) is 0 Å². The lowest BCUT2D eigenvalue weighted by Gasteiger charge is -2.30. The van der Waals surface area contributed by atoms with E-state index in [2.05, 4.69) is 12.2 Å². The Morgan fingerprint density at radius 2 is 1.70 bits per heavy atom. The van der Waals surface area contributed by atoms with Crippen molar-refractivity contribution in [3.05, 3.63) is 29.8 Å². The minimum atomic E-state index is -4.19. The van der Waals surface area contributed by atoms with Crippen molar-refractivity contribution in [3.63, 3.8) is 0 Å². The molecule has 114 valence electrons. The molecule has 0 aliphatic heterocycles. The molecule has 0 radical (unpaired) electrons. The molecule has 1 unspecified atom stereocenters. The molecule has 0 aromatic heterocycles. The third-order valence-electron chi connectivity index (χ3n) is 3.36. The zero-order chi connectivity index (χ0) is 15.3. The zero-order valence-corrected chi connectivity index (χ0v) is 12.5. The summed E-state index contributed by atoms with van der Waals surface area (Å²) in [4.78, 5) is 1.37. The molecule has 1 rings (SSSR count). The van der Waals surface area contributed by atoms with E-state index >= 15 is 0 Å². The van der Waals surface area contributed by atoms with Crippen LogP contribution in [-0.4, -0.2) is 25.8 Å². The summed E-state index contributed by atoms with van der Waals surface area (Å²) in [6.45, 7) is 4.68. The lowest BCUT2D eigenvalue weighted by molar-refractivity contribution is -0.120. The van der Waals surface area contributed by atoms with Gasteiger partial charge < -0.3 is 10.2 Å². The first-order valence-electron chi connectivity index (χ1n) is 6.89. The molecular formula is C15H23F3N2. The predicted molar refractivity (Wildman–Crippen MR) is 77.1 cm³/mol. The Balaban J connectivity index is 2.94. The van der Waals surface area contributed by atoms with Crippen molar-refractivity contribution < 1.29 is 13.2 Å². The molecule has 0 amide bonds. The van der Waals surface area contributed by atoms with Gasteiger partial charge in [0.1, 0.15) is 6.54 Å². The number of hydrogen-bond acceptors (Lipinski definition) is 2. The van der Waals surface area contributed by atoms with Crippen LogP contribution in [0.2, 0.25) is 0 Å². The minimum absolute atomic E-state index is 0.200. The molecule has 0 saturated heterocycles. The SMILES string of the molecule is CCC(NC)c1ccc(N(CC(F)(F)F)C(C)C)cc1. The summed E-state index contributed by atoms with van der Waals surface area (Å²) in [5, 5.41) is 3.18. The zero-order valence-electron chi connectivity index (χ0n) is 12.5.